The average Bonchev–Trinajstić information content (AvgIpc) is 3.18. The van der Waals surface area contributed by atoms with Crippen LogP contribution in [0, 0.1) is 0 Å². The van der Waals surface area contributed by atoms with E-state index in [2.05, 4.69) is 48.1 Å². The smallest absolute Gasteiger partial charge is 0.105 e. The Hall–Kier alpha value is -1.79. The van der Waals surface area contributed by atoms with Crippen molar-refractivity contribution in [1.82, 2.24) is 23.8 Å². The molecule has 21 heavy (non-hydrogen) atoms. The maximum absolute atomic E-state index is 4.33. The van der Waals surface area contributed by atoms with Crippen molar-refractivity contribution < 1.29 is 0 Å². The molecule has 1 aliphatic rings. The molecule has 1 unspecified atom stereocenters. The highest BCUT2D eigenvalue weighted by Crippen LogP contribution is 2.26. The van der Waals surface area contributed by atoms with E-state index in [0.717, 1.165) is 30.7 Å². The SMILES string of the molecule is c1cc(C2CCCN(Cc3ccc4nsnc4c3)C2)[nH]n1. The summed E-state index contributed by atoms with van der Waals surface area (Å²) in [6, 6.07) is 8.51. The van der Waals surface area contributed by atoms with E-state index in [1.54, 1.807) is 0 Å². The Balaban J connectivity index is 1.48. The number of aromatic amines is 1. The molecule has 5 nitrogen and oxygen atoms in total. The summed E-state index contributed by atoms with van der Waals surface area (Å²) in [5.74, 6) is 0.575. The maximum atomic E-state index is 4.33. The Bertz CT molecular complexity index is 721. The Morgan fingerprint density at radius 2 is 2.19 bits per heavy atom. The fourth-order valence-electron chi connectivity index (χ4n) is 3.13. The first-order valence-corrected chi connectivity index (χ1v) is 8.04. The summed E-state index contributed by atoms with van der Waals surface area (Å²) >= 11 is 1.28. The van der Waals surface area contributed by atoms with Crippen molar-refractivity contribution in [1.29, 1.82) is 0 Å². The molecule has 108 valence electrons. The van der Waals surface area contributed by atoms with Gasteiger partial charge >= 0.3 is 0 Å². The molecule has 0 bridgehead atoms. The quantitative estimate of drug-likeness (QED) is 0.808. The molecule has 1 saturated heterocycles. The van der Waals surface area contributed by atoms with Crippen LogP contribution in [0.25, 0.3) is 11.0 Å². The van der Waals surface area contributed by atoms with E-state index in [9.17, 15) is 0 Å². The lowest BCUT2D eigenvalue weighted by Crippen LogP contribution is -2.34. The number of nitrogens with zero attached hydrogens (tertiary/aromatic N) is 4. The van der Waals surface area contributed by atoms with E-state index in [1.807, 2.05) is 6.20 Å². The largest absolute Gasteiger partial charge is 0.298 e. The first kappa shape index (κ1) is 12.9. The monoisotopic (exact) mass is 299 g/mol. The van der Waals surface area contributed by atoms with Crippen LogP contribution in [0.1, 0.15) is 30.0 Å². The highest BCUT2D eigenvalue weighted by Gasteiger charge is 2.22. The maximum Gasteiger partial charge on any atom is 0.105 e. The van der Waals surface area contributed by atoms with Gasteiger partial charge in [0.2, 0.25) is 0 Å². The highest BCUT2D eigenvalue weighted by molar-refractivity contribution is 7.00. The summed E-state index contributed by atoms with van der Waals surface area (Å²) in [5.41, 5.74) is 4.59. The van der Waals surface area contributed by atoms with E-state index in [0.29, 0.717) is 5.92 Å². The molecule has 6 heteroatoms. The van der Waals surface area contributed by atoms with E-state index >= 15 is 0 Å². The number of hydrogen-bond acceptors (Lipinski definition) is 5. The number of nitrogens with one attached hydrogen (secondary N) is 1. The van der Waals surface area contributed by atoms with Gasteiger partial charge < -0.3 is 0 Å². The highest BCUT2D eigenvalue weighted by atomic mass is 32.1. The van der Waals surface area contributed by atoms with Gasteiger partial charge in [-0.15, -0.1) is 0 Å². The zero-order chi connectivity index (χ0) is 14.1. The minimum Gasteiger partial charge on any atom is -0.298 e. The van der Waals surface area contributed by atoms with E-state index in [1.165, 1.54) is 35.8 Å². The molecule has 1 atom stereocenters. The molecule has 1 aromatic carbocycles. The van der Waals surface area contributed by atoms with Gasteiger partial charge in [0.05, 0.1) is 11.7 Å². The molecule has 0 amide bonds. The van der Waals surface area contributed by atoms with Crippen LogP contribution < -0.4 is 0 Å². The van der Waals surface area contributed by atoms with Crippen LogP contribution in [0.4, 0.5) is 0 Å². The van der Waals surface area contributed by atoms with Gasteiger partial charge in [-0.1, -0.05) is 6.07 Å². The number of likely N-dealkylation sites (tertiary alicyclic amines) is 1. The van der Waals surface area contributed by atoms with Crippen LogP contribution >= 0.6 is 11.7 Å². The van der Waals surface area contributed by atoms with Crippen LogP contribution in [0.2, 0.25) is 0 Å². The summed E-state index contributed by atoms with van der Waals surface area (Å²) < 4.78 is 8.59. The predicted molar refractivity (Wildman–Crippen MR) is 83.3 cm³/mol. The average molecular weight is 299 g/mol. The summed E-state index contributed by atoms with van der Waals surface area (Å²) in [5, 5.41) is 7.20. The predicted octanol–water partition coefficient (Wildman–Crippen LogP) is 2.79. The van der Waals surface area contributed by atoms with Gasteiger partial charge in [-0.2, -0.15) is 13.8 Å². The Morgan fingerprint density at radius 3 is 3.10 bits per heavy atom. The molecule has 1 fully saturated rings. The van der Waals surface area contributed by atoms with Crippen molar-refractivity contribution in [2.75, 3.05) is 13.1 Å². The first-order chi connectivity index (χ1) is 10.4. The lowest BCUT2D eigenvalue weighted by Gasteiger charge is -2.32. The molecule has 1 aliphatic heterocycles. The number of benzene rings is 1. The second kappa shape index (κ2) is 5.54. The van der Waals surface area contributed by atoms with E-state index in [-0.39, 0.29) is 0 Å². The third kappa shape index (κ3) is 2.69. The normalized spacial score (nSPS) is 20.1. The fourth-order valence-corrected chi connectivity index (χ4v) is 3.65. The number of H-pyrrole nitrogens is 1. The summed E-state index contributed by atoms with van der Waals surface area (Å²) in [6.45, 7) is 3.24. The fraction of sp³-hybridized carbons (Fsp3) is 0.400. The zero-order valence-electron chi connectivity index (χ0n) is 11.7. The number of fused-ring (bicyclic) bond motifs is 1. The molecule has 2 aromatic heterocycles. The lowest BCUT2D eigenvalue weighted by molar-refractivity contribution is 0.198. The van der Waals surface area contributed by atoms with Gasteiger partial charge in [0, 0.05) is 30.9 Å². The third-order valence-corrected chi connectivity index (χ3v) is 4.75. The molecular weight excluding hydrogens is 282 g/mol. The van der Waals surface area contributed by atoms with Crippen LogP contribution in [0.15, 0.2) is 30.5 Å². The molecule has 0 saturated carbocycles. The van der Waals surface area contributed by atoms with Crippen molar-refractivity contribution in [2.24, 2.45) is 0 Å². The van der Waals surface area contributed by atoms with Gasteiger partial charge in [-0.25, -0.2) is 0 Å². The molecule has 0 aliphatic carbocycles. The summed E-state index contributed by atoms with van der Waals surface area (Å²) in [7, 11) is 0. The van der Waals surface area contributed by atoms with Gasteiger partial charge in [0.15, 0.2) is 0 Å². The van der Waals surface area contributed by atoms with Crippen LogP contribution in [0.3, 0.4) is 0 Å². The van der Waals surface area contributed by atoms with Gasteiger partial charge in [0.25, 0.3) is 0 Å². The first-order valence-electron chi connectivity index (χ1n) is 7.31. The second-order valence-corrected chi connectivity index (χ2v) is 6.20. The lowest BCUT2D eigenvalue weighted by atomic mass is 9.94. The van der Waals surface area contributed by atoms with E-state index < -0.39 is 0 Å². The van der Waals surface area contributed by atoms with Crippen LogP contribution in [-0.4, -0.2) is 36.9 Å². The van der Waals surface area contributed by atoms with Gasteiger partial charge in [-0.3, -0.25) is 10.00 Å². The van der Waals surface area contributed by atoms with Gasteiger partial charge in [-0.05, 0) is 43.1 Å². The molecule has 3 heterocycles. The van der Waals surface area contributed by atoms with Crippen molar-refractivity contribution in [3.8, 4) is 0 Å². The number of rotatable bonds is 3. The minimum absolute atomic E-state index is 0.575. The second-order valence-electron chi connectivity index (χ2n) is 5.67. The minimum atomic E-state index is 0.575. The Kier molecular flexibility index (Phi) is 3.40. The van der Waals surface area contributed by atoms with Crippen molar-refractivity contribution in [3.63, 3.8) is 0 Å². The van der Waals surface area contributed by atoms with Gasteiger partial charge in [0.1, 0.15) is 11.0 Å². The zero-order valence-corrected chi connectivity index (χ0v) is 12.5. The molecule has 3 aromatic rings. The number of piperidine rings is 1. The molecular formula is C15H17N5S. The summed E-state index contributed by atoms with van der Waals surface area (Å²) in [4.78, 5) is 2.52. The number of aromatic nitrogens is 4. The molecule has 0 radical (unpaired) electrons. The van der Waals surface area contributed by atoms with Crippen molar-refractivity contribution in [3.05, 3.63) is 41.7 Å². The summed E-state index contributed by atoms with van der Waals surface area (Å²) in [6.07, 6.45) is 4.33. The molecule has 0 spiro atoms. The number of hydrogen-bond donors (Lipinski definition) is 1. The van der Waals surface area contributed by atoms with Crippen molar-refractivity contribution in [2.45, 2.75) is 25.3 Å². The van der Waals surface area contributed by atoms with Crippen LogP contribution in [-0.2, 0) is 6.54 Å². The third-order valence-electron chi connectivity index (χ3n) is 4.19. The van der Waals surface area contributed by atoms with E-state index in [4.69, 9.17) is 0 Å². The standard InChI is InChI=1S/C15H17N5S/c1-2-12(13-5-6-16-17-13)10-20(7-1)9-11-3-4-14-15(8-11)19-21-18-14/h3-6,8,12H,1-2,7,9-10H2,(H,16,17). The Labute approximate surface area is 127 Å². The van der Waals surface area contributed by atoms with Crippen LogP contribution in [0.5, 0.6) is 0 Å². The molecule has 4 rings (SSSR count). The Morgan fingerprint density at radius 1 is 1.24 bits per heavy atom. The van der Waals surface area contributed by atoms with Crippen molar-refractivity contribution >= 4 is 22.8 Å². The molecule has 1 N–H and O–H groups in total. The topological polar surface area (TPSA) is 57.7 Å².